The van der Waals surface area contributed by atoms with Crippen LogP contribution in [0.4, 0.5) is 0 Å². The van der Waals surface area contributed by atoms with Crippen LogP contribution < -0.4 is 0 Å². The Morgan fingerprint density at radius 3 is 2.67 bits per heavy atom. The molecule has 2 bridgehead atoms. The van der Waals surface area contributed by atoms with E-state index in [1.807, 2.05) is 0 Å². The summed E-state index contributed by atoms with van der Waals surface area (Å²) in [5, 5.41) is 0. The normalized spacial score (nSPS) is 44.3. The number of hydrogen-bond donors (Lipinski definition) is 0. The summed E-state index contributed by atoms with van der Waals surface area (Å²) in [6.45, 7) is 9.55. The molecule has 0 N–H and O–H groups in total. The molecule has 0 radical (unpaired) electrons. The molecule has 0 aromatic carbocycles. The summed E-state index contributed by atoms with van der Waals surface area (Å²) in [5.41, 5.74) is 2.68. The summed E-state index contributed by atoms with van der Waals surface area (Å²) in [5.74, 6) is 0.950. The fourth-order valence-electron chi connectivity index (χ4n) is 3.08. The molecule has 2 rings (SSSR count). The van der Waals surface area contributed by atoms with E-state index in [2.05, 4.69) is 33.8 Å². The van der Waals surface area contributed by atoms with E-state index in [9.17, 15) is 0 Å². The Kier molecular flexibility index (Phi) is 1.50. The molecular formula is C12H20. The van der Waals surface area contributed by atoms with Crippen molar-refractivity contribution in [3.8, 4) is 0 Å². The van der Waals surface area contributed by atoms with E-state index in [1.54, 1.807) is 5.57 Å². The van der Waals surface area contributed by atoms with E-state index in [0.717, 1.165) is 5.92 Å². The molecule has 0 heterocycles. The summed E-state index contributed by atoms with van der Waals surface area (Å²) in [6, 6.07) is 0. The van der Waals surface area contributed by atoms with Crippen LogP contribution >= 0.6 is 0 Å². The first-order valence-electron chi connectivity index (χ1n) is 5.14. The van der Waals surface area contributed by atoms with Gasteiger partial charge in [-0.3, -0.25) is 0 Å². The Morgan fingerprint density at radius 1 is 1.33 bits per heavy atom. The van der Waals surface area contributed by atoms with Crippen molar-refractivity contribution in [1.29, 1.82) is 0 Å². The van der Waals surface area contributed by atoms with E-state index >= 15 is 0 Å². The lowest BCUT2D eigenvalue weighted by Crippen LogP contribution is -2.28. The highest BCUT2D eigenvalue weighted by Crippen LogP contribution is 2.57. The zero-order chi connectivity index (χ0) is 8.98. The minimum atomic E-state index is 0.472. The van der Waals surface area contributed by atoms with Crippen LogP contribution in [0.1, 0.15) is 47.0 Å². The van der Waals surface area contributed by atoms with E-state index in [4.69, 9.17) is 0 Å². The minimum absolute atomic E-state index is 0.472. The van der Waals surface area contributed by atoms with Gasteiger partial charge in [-0.25, -0.2) is 0 Å². The van der Waals surface area contributed by atoms with Gasteiger partial charge in [0.2, 0.25) is 0 Å². The Hall–Kier alpha value is -0.260. The van der Waals surface area contributed by atoms with Crippen molar-refractivity contribution < 1.29 is 0 Å². The van der Waals surface area contributed by atoms with Crippen LogP contribution in [0, 0.1) is 16.7 Å². The Labute approximate surface area is 76.1 Å². The SMILES string of the molecule is CC1=CC(C)(C)C2CCC1(C)C2. The van der Waals surface area contributed by atoms with Gasteiger partial charge in [-0.1, -0.05) is 32.4 Å². The Bertz CT molecular complexity index is 234. The van der Waals surface area contributed by atoms with Crippen LogP contribution in [-0.2, 0) is 0 Å². The molecule has 2 unspecified atom stereocenters. The van der Waals surface area contributed by atoms with Crippen molar-refractivity contribution in [3.05, 3.63) is 11.6 Å². The van der Waals surface area contributed by atoms with E-state index in [-0.39, 0.29) is 0 Å². The molecule has 1 saturated carbocycles. The molecule has 0 heteroatoms. The fraction of sp³-hybridized carbons (Fsp3) is 0.833. The molecule has 2 atom stereocenters. The van der Waals surface area contributed by atoms with Gasteiger partial charge >= 0.3 is 0 Å². The average Bonchev–Trinajstić information content (AvgIpc) is 2.28. The monoisotopic (exact) mass is 164 g/mol. The van der Waals surface area contributed by atoms with Crippen molar-refractivity contribution in [2.45, 2.75) is 47.0 Å². The van der Waals surface area contributed by atoms with Gasteiger partial charge in [0.25, 0.3) is 0 Å². The molecule has 1 fully saturated rings. The van der Waals surface area contributed by atoms with Gasteiger partial charge in [0, 0.05) is 0 Å². The summed E-state index contributed by atoms with van der Waals surface area (Å²) in [6.07, 6.45) is 6.82. The van der Waals surface area contributed by atoms with E-state index in [0.29, 0.717) is 10.8 Å². The molecule has 0 spiro atoms. The van der Waals surface area contributed by atoms with Crippen molar-refractivity contribution in [2.75, 3.05) is 0 Å². The zero-order valence-electron chi connectivity index (χ0n) is 8.78. The maximum atomic E-state index is 2.52. The van der Waals surface area contributed by atoms with Crippen LogP contribution in [0.3, 0.4) is 0 Å². The highest BCUT2D eigenvalue weighted by Gasteiger charge is 2.46. The number of rotatable bonds is 0. The van der Waals surface area contributed by atoms with Crippen LogP contribution in [0.5, 0.6) is 0 Å². The third kappa shape index (κ3) is 0.967. The van der Waals surface area contributed by atoms with Crippen LogP contribution in [0.25, 0.3) is 0 Å². The molecule has 0 aromatic rings. The first-order chi connectivity index (χ1) is 5.44. The fourth-order valence-corrected chi connectivity index (χ4v) is 3.08. The standard InChI is InChI=1S/C12H20/c1-9-7-11(2,3)10-5-6-12(9,4)8-10/h7,10H,5-6,8H2,1-4H3. The number of allylic oxidation sites excluding steroid dienone is 2. The van der Waals surface area contributed by atoms with Crippen molar-refractivity contribution >= 4 is 0 Å². The lowest BCUT2D eigenvalue weighted by molar-refractivity contribution is 0.237. The highest BCUT2D eigenvalue weighted by atomic mass is 14.5. The lowest BCUT2D eigenvalue weighted by atomic mass is 9.67. The summed E-state index contributed by atoms with van der Waals surface area (Å²) >= 11 is 0. The highest BCUT2D eigenvalue weighted by molar-refractivity contribution is 5.23. The lowest BCUT2D eigenvalue weighted by Gasteiger charge is -2.38. The topological polar surface area (TPSA) is 0 Å². The molecule has 12 heavy (non-hydrogen) atoms. The van der Waals surface area contributed by atoms with Gasteiger partial charge in [-0.05, 0) is 42.9 Å². The van der Waals surface area contributed by atoms with E-state index < -0.39 is 0 Å². The van der Waals surface area contributed by atoms with Gasteiger partial charge in [0.15, 0.2) is 0 Å². The third-order valence-corrected chi connectivity index (χ3v) is 4.33. The molecule has 0 amide bonds. The predicted octanol–water partition coefficient (Wildman–Crippen LogP) is 3.78. The van der Waals surface area contributed by atoms with Gasteiger partial charge in [0.1, 0.15) is 0 Å². The molecule has 2 aliphatic rings. The summed E-state index contributed by atoms with van der Waals surface area (Å²) in [7, 11) is 0. The molecule has 0 aromatic heterocycles. The Balaban J connectivity index is 2.42. The maximum absolute atomic E-state index is 2.52. The second-order valence-corrected chi connectivity index (χ2v) is 5.65. The van der Waals surface area contributed by atoms with Crippen molar-refractivity contribution in [1.82, 2.24) is 0 Å². The third-order valence-electron chi connectivity index (χ3n) is 4.33. The molecular weight excluding hydrogens is 144 g/mol. The first-order valence-corrected chi connectivity index (χ1v) is 5.14. The average molecular weight is 164 g/mol. The summed E-state index contributed by atoms with van der Waals surface area (Å²) in [4.78, 5) is 0. The first kappa shape index (κ1) is 8.34. The summed E-state index contributed by atoms with van der Waals surface area (Å²) < 4.78 is 0. The van der Waals surface area contributed by atoms with Crippen LogP contribution in [0.2, 0.25) is 0 Å². The molecule has 0 saturated heterocycles. The molecule has 0 nitrogen and oxygen atoms in total. The van der Waals surface area contributed by atoms with Crippen LogP contribution in [0.15, 0.2) is 11.6 Å². The van der Waals surface area contributed by atoms with Crippen molar-refractivity contribution in [2.24, 2.45) is 16.7 Å². The van der Waals surface area contributed by atoms with E-state index in [1.165, 1.54) is 19.3 Å². The smallest absolute Gasteiger partial charge is 0.0116 e. The van der Waals surface area contributed by atoms with Gasteiger partial charge < -0.3 is 0 Å². The second kappa shape index (κ2) is 2.16. The van der Waals surface area contributed by atoms with Gasteiger partial charge in [0.05, 0.1) is 0 Å². The number of fused-ring (bicyclic) bond motifs is 2. The van der Waals surface area contributed by atoms with Gasteiger partial charge in [-0.2, -0.15) is 0 Å². The second-order valence-electron chi connectivity index (χ2n) is 5.65. The Morgan fingerprint density at radius 2 is 2.00 bits per heavy atom. The molecule has 0 aliphatic heterocycles. The molecule has 2 aliphatic carbocycles. The quantitative estimate of drug-likeness (QED) is 0.478. The molecule has 68 valence electrons. The minimum Gasteiger partial charge on any atom is -0.0791 e. The number of hydrogen-bond acceptors (Lipinski definition) is 0. The largest absolute Gasteiger partial charge is 0.0791 e. The maximum Gasteiger partial charge on any atom is -0.0116 e. The van der Waals surface area contributed by atoms with Crippen molar-refractivity contribution in [3.63, 3.8) is 0 Å². The van der Waals surface area contributed by atoms with Gasteiger partial charge in [-0.15, -0.1) is 0 Å². The predicted molar refractivity (Wildman–Crippen MR) is 53.0 cm³/mol. The van der Waals surface area contributed by atoms with Crippen LogP contribution in [-0.4, -0.2) is 0 Å². The zero-order valence-corrected chi connectivity index (χ0v) is 8.78.